The number of nitrogens with two attached hydrogens (primary N) is 1. The van der Waals surface area contributed by atoms with Crippen LogP contribution in [0, 0.1) is 6.92 Å². The number of pyridine rings is 1. The van der Waals surface area contributed by atoms with Gasteiger partial charge in [0, 0.05) is 11.3 Å². The van der Waals surface area contributed by atoms with Crippen molar-refractivity contribution in [3.05, 3.63) is 46.8 Å². The predicted octanol–water partition coefficient (Wildman–Crippen LogP) is 2.56. The highest BCUT2D eigenvalue weighted by atomic mass is 35.5. The first-order chi connectivity index (χ1) is 15.0. The quantitative estimate of drug-likeness (QED) is 0.209. The lowest BCUT2D eigenvalue weighted by atomic mass is 9.92. The number of aryl methyl sites for hydroxylation is 1. The highest BCUT2D eigenvalue weighted by Gasteiger charge is 2.29. The van der Waals surface area contributed by atoms with E-state index in [4.69, 9.17) is 15.2 Å². The average Bonchev–Trinajstić information content (AvgIpc) is 2.70. The molecule has 0 amide bonds. The van der Waals surface area contributed by atoms with E-state index in [9.17, 15) is 18.0 Å². The van der Waals surface area contributed by atoms with Gasteiger partial charge in [-0.25, -0.2) is 18.0 Å². The van der Waals surface area contributed by atoms with E-state index in [1.807, 2.05) is 0 Å². The van der Waals surface area contributed by atoms with Gasteiger partial charge >= 0.3 is 11.9 Å². The highest BCUT2D eigenvalue weighted by Crippen LogP contribution is 2.34. The first kappa shape index (κ1) is 28.2. The molecule has 0 atom stereocenters. The molecule has 2 rings (SSSR count). The largest absolute Gasteiger partial charge is 0.465 e. The third kappa shape index (κ3) is 7.34. The Kier molecular flexibility index (Phi) is 10.1. The monoisotopic (exact) mass is 516 g/mol. The number of aliphatic imine (C=N–C) groups is 1. The van der Waals surface area contributed by atoms with Crippen LogP contribution < -0.4 is 10.5 Å². The Balaban J connectivity index is 0.00000544. The third-order valence-electron chi connectivity index (χ3n) is 4.17. The number of amidine groups is 1. The number of nitrogens with one attached hydrogen (secondary N) is 1. The maximum absolute atomic E-state index is 13.0. The summed E-state index contributed by atoms with van der Waals surface area (Å²) in [5.74, 6) is -1.45. The minimum absolute atomic E-state index is 0. The van der Waals surface area contributed by atoms with Crippen LogP contribution in [0.5, 0.6) is 0 Å². The molecule has 3 N–H and O–H groups in total. The van der Waals surface area contributed by atoms with Crippen LogP contribution >= 0.6 is 25.0 Å². The van der Waals surface area contributed by atoms with Crippen molar-refractivity contribution < 1.29 is 27.5 Å². The Morgan fingerprint density at radius 3 is 2.45 bits per heavy atom. The van der Waals surface area contributed by atoms with Crippen LogP contribution in [0.3, 0.4) is 0 Å². The van der Waals surface area contributed by atoms with Gasteiger partial charge in [0.2, 0.25) is 10.0 Å². The molecule has 0 aliphatic carbocycles. The zero-order chi connectivity index (χ0) is 24.1. The van der Waals surface area contributed by atoms with Crippen molar-refractivity contribution in [2.24, 2.45) is 10.7 Å². The van der Waals surface area contributed by atoms with Crippen LogP contribution in [-0.2, 0) is 26.0 Å². The van der Waals surface area contributed by atoms with E-state index in [0.717, 1.165) is 6.26 Å². The molecule has 0 spiro atoms. The fourth-order valence-electron chi connectivity index (χ4n) is 3.05. The van der Waals surface area contributed by atoms with Crippen molar-refractivity contribution in [2.45, 2.75) is 20.4 Å². The Hall–Kier alpha value is -2.83. The minimum Gasteiger partial charge on any atom is -0.465 e. The average molecular weight is 517 g/mol. The second kappa shape index (κ2) is 11.9. The van der Waals surface area contributed by atoms with Crippen molar-refractivity contribution in [3.63, 3.8) is 0 Å². The number of methoxy groups -OCH3 is 1. The number of carbonyl (C=O) groups is 2. The molecule has 0 aliphatic rings. The Bertz CT molecular complexity index is 1180. The number of aromatic nitrogens is 1. The van der Waals surface area contributed by atoms with Crippen molar-refractivity contribution in [1.29, 1.82) is 0 Å². The number of hydrogen-bond acceptors (Lipinski definition) is 8. The van der Waals surface area contributed by atoms with Gasteiger partial charge in [-0.15, -0.1) is 25.0 Å². The third-order valence-corrected chi connectivity index (χ3v) is 4.92. The van der Waals surface area contributed by atoms with Crippen LogP contribution in [0.15, 0.2) is 29.3 Å². The van der Waals surface area contributed by atoms with Crippen LogP contribution in [-0.4, -0.2) is 50.5 Å². The number of benzene rings is 1. The van der Waals surface area contributed by atoms with E-state index < -0.39 is 22.0 Å². The molecule has 1 heterocycles. The standard InChI is InChI=1S/C20H24N4O6S2.ClH/c1-5-30-19(26)17-14(10-22-20(21)31)23-11(2)15(18(25)29-3)16(17)12-7-6-8-13(9-12)24-32(4,27)28;/h6-9,24H,5,10H2,1-4H3,(H3,21,22,31);1H. The summed E-state index contributed by atoms with van der Waals surface area (Å²) in [6.07, 6.45) is 1.01. The zero-order valence-corrected chi connectivity index (χ0v) is 20.9. The molecule has 1 aromatic carbocycles. The fraction of sp³-hybridized carbons (Fsp3) is 0.300. The Morgan fingerprint density at radius 2 is 1.91 bits per heavy atom. The van der Waals surface area contributed by atoms with Gasteiger partial charge in [-0.1, -0.05) is 12.1 Å². The van der Waals surface area contributed by atoms with Gasteiger partial charge in [0.25, 0.3) is 0 Å². The lowest BCUT2D eigenvalue weighted by molar-refractivity contribution is 0.0525. The molecular weight excluding hydrogens is 492 g/mol. The van der Waals surface area contributed by atoms with Gasteiger partial charge < -0.3 is 15.2 Å². The first-order valence-corrected chi connectivity index (χ1v) is 11.7. The second-order valence-electron chi connectivity index (χ2n) is 6.61. The molecule has 0 radical (unpaired) electrons. The SMILES string of the molecule is CCOC(=O)c1c(CN=C(N)S)nc(C)c(C(=O)OC)c1-c1cccc(NS(C)(=O)=O)c1.Cl. The van der Waals surface area contributed by atoms with Gasteiger partial charge in [0.05, 0.1) is 49.0 Å². The fourth-order valence-corrected chi connectivity index (χ4v) is 3.68. The normalized spacial score (nSPS) is 11.4. The summed E-state index contributed by atoms with van der Waals surface area (Å²) in [4.78, 5) is 34.0. The number of anilines is 1. The lowest BCUT2D eigenvalue weighted by Gasteiger charge is -2.19. The number of thiol groups is 1. The van der Waals surface area contributed by atoms with Gasteiger partial charge in [-0.2, -0.15) is 0 Å². The van der Waals surface area contributed by atoms with Crippen molar-refractivity contribution in [3.8, 4) is 11.1 Å². The lowest BCUT2D eigenvalue weighted by Crippen LogP contribution is -2.18. The molecule has 180 valence electrons. The number of nitrogens with zero attached hydrogens (tertiary/aromatic N) is 2. The highest BCUT2D eigenvalue weighted by molar-refractivity contribution is 7.96. The molecule has 0 saturated carbocycles. The molecule has 0 fully saturated rings. The first-order valence-electron chi connectivity index (χ1n) is 9.34. The summed E-state index contributed by atoms with van der Waals surface area (Å²) in [5.41, 5.74) is 6.84. The zero-order valence-electron chi connectivity index (χ0n) is 18.4. The van der Waals surface area contributed by atoms with E-state index >= 15 is 0 Å². The number of hydrogen-bond donors (Lipinski definition) is 3. The molecule has 13 heteroatoms. The number of carbonyl (C=O) groups excluding carboxylic acids is 2. The molecule has 1 aromatic heterocycles. The molecular formula is C20H25ClN4O6S2. The van der Waals surface area contributed by atoms with E-state index in [-0.39, 0.29) is 64.5 Å². The van der Waals surface area contributed by atoms with E-state index in [0.29, 0.717) is 5.56 Å². The summed E-state index contributed by atoms with van der Waals surface area (Å²) in [5, 5.41) is -0.0165. The summed E-state index contributed by atoms with van der Waals surface area (Å²) >= 11 is 3.94. The number of ether oxygens (including phenoxy) is 2. The molecule has 0 saturated heterocycles. The van der Waals surface area contributed by atoms with Crippen LogP contribution in [0.1, 0.15) is 39.0 Å². The number of sulfonamides is 1. The van der Waals surface area contributed by atoms with Crippen LogP contribution in [0.4, 0.5) is 5.69 Å². The number of rotatable bonds is 8. The maximum atomic E-state index is 13.0. The summed E-state index contributed by atoms with van der Waals surface area (Å²) in [6.45, 7) is 3.20. The Labute approximate surface area is 203 Å². The summed E-state index contributed by atoms with van der Waals surface area (Å²) in [7, 11) is -2.36. The van der Waals surface area contributed by atoms with Gasteiger partial charge in [0.1, 0.15) is 0 Å². The van der Waals surface area contributed by atoms with Gasteiger partial charge in [-0.05, 0) is 31.5 Å². The van der Waals surface area contributed by atoms with E-state index in [1.165, 1.54) is 19.2 Å². The predicted molar refractivity (Wildman–Crippen MR) is 132 cm³/mol. The molecule has 0 bridgehead atoms. The van der Waals surface area contributed by atoms with Crippen LogP contribution in [0.2, 0.25) is 0 Å². The van der Waals surface area contributed by atoms with Crippen molar-refractivity contribution >= 4 is 57.9 Å². The minimum atomic E-state index is -3.56. The van der Waals surface area contributed by atoms with Gasteiger partial charge in [0.15, 0.2) is 5.17 Å². The topological polar surface area (TPSA) is 150 Å². The van der Waals surface area contributed by atoms with Gasteiger partial charge in [-0.3, -0.25) is 14.7 Å². The smallest absolute Gasteiger partial charge is 0.340 e. The van der Waals surface area contributed by atoms with Crippen molar-refractivity contribution in [1.82, 2.24) is 4.98 Å². The molecule has 0 aliphatic heterocycles. The number of halogens is 1. The molecule has 33 heavy (non-hydrogen) atoms. The molecule has 0 unspecified atom stereocenters. The number of esters is 2. The molecule has 2 aromatic rings. The molecule has 10 nitrogen and oxygen atoms in total. The van der Waals surface area contributed by atoms with E-state index in [1.54, 1.807) is 26.0 Å². The summed E-state index contributed by atoms with van der Waals surface area (Å²) < 4.78 is 35.9. The van der Waals surface area contributed by atoms with Crippen molar-refractivity contribution in [2.75, 3.05) is 24.7 Å². The van der Waals surface area contributed by atoms with E-state index in [2.05, 4.69) is 27.3 Å². The Morgan fingerprint density at radius 1 is 1.24 bits per heavy atom. The van der Waals surface area contributed by atoms with Crippen LogP contribution in [0.25, 0.3) is 11.1 Å². The summed E-state index contributed by atoms with van der Waals surface area (Å²) in [6, 6.07) is 6.23. The second-order valence-corrected chi connectivity index (χ2v) is 8.82. The maximum Gasteiger partial charge on any atom is 0.340 e.